The summed E-state index contributed by atoms with van der Waals surface area (Å²) in [5.74, 6) is -1.98. The molecule has 9 nitrogen and oxygen atoms in total. The van der Waals surface area contributed by atoms with Crippen molar-refractivity contribution in [1.29, 1.82) is 0 Å². The zero-order chi connectivity index (χ0) is 16.7. The predicted molar refractivity (Wildman–Crippen MR) is 77.6 cm³/mol. The van der Waals surface area contributed by atoms with E-state index in [-0.39, 0.29) is 22.9 Å². The third-order valence-electron chi connectivity index (χ3n) is 2.57. The van der Waals surface area contributed by atoms with Crippen molar-refractivity contribution in [3.63, 3.8) is 0 Å². The number of methoxy groups -OCH3 is 2. The predicted octanol–water partition coefficient (Wildman–Crippen LogP) is 0.922. The van der Waals surface area contributed by atoms with Crippen molar-refractivity contribution >= 4 is 34.8 Å². The van der Waals surface area contributed by atoms with Crippen molar-refractivity contribution in [1.82, 2.24) is 5.32 Å². The summed E-state index contributed by atoms with van der Waals surface area (Å²) in [7, 11) is 2.76. The highest BCUT2D eigenvalue weighted by atomic mass is 35.5. The number of nitro benzene ring substituents is 1. The minimum absolute atomic E-state index is 0.0361. The highest BCUT2D eigenvalue weighted by Gasteiger charge is 2.18. The molecule has 0 saturated heterocycles. The van der Waals surface area contributed by atoms with Gasteiger partial charge in [0.05, 0.1) is 22.2 Å². The third kappa shape index (κ3) is 4.95. The Labute approximate surface area is 130 Å². The Morgan fingerprint density at radius 2 is 1.95 bits per heavy atom. The van der Waals surface area contributed by atoms with Crippen LogP contribution in [0.2, 0.25) is 5.02 Å². The summed E-state index contributed by atoms with van der Waals surface area (Å²) in [4.78, 5) is 33.3. The van der Waals surface area contributed by atoms with E-state index >= 15 is 0 Å². The van der Waals surface area contributed by atoms with Crippen molar-refractivity contribution in [2.45, 2.75) is 6.29 Å². The lowest BCUT2D eigenvalue weighted by atomic mass is 10.2. The van der Waals surface area contributed by atoms with Gasteiger partial charge in [-0.15, -0.1) is 0 Å². The SMILES string of the molecule is COC(CNC(=O)C(=O)Nc1cc([N+](=O)[O-])ccc1Cl)OC. The lowest BCUT2D eigenvalue weighted by molar-refractivity contribution is -0.384. The smallest absolute Gasteiger partial charge is 0.313 e. The molecule has 1 aromatic rings. The van der Waals surface area contributed by atoms with Gasteiger partial charge in [-0.2, -0.15) is 0 Å². The van der Waals surface area contributed by atoms with E-state index in [9.17, 15) is 19.7 Å². The van der Waals surface area contributed by atoms with Gasteiger partial charge in [0.2, 0.25) is 0 Å². The molecule has 22 heavy (non-hydrogen) atoms. The summed E-state index contributed by atoms with van der Waals surface area (Å²) < 4.78 is 9.69. The van der Waals surface area contributed by atoms with Gasteiger partial charge in [0.1, 0.15) is 0 Å². The van der Waals surface area contributed by atoms with Crippen LogP contribution in [0.5, 0.6) is 0 Å². The maximum atomic E-state index is 11.7. The zero-order valence-electron chi connectivity index (χ0n) is 11.8. The number of nitro groups is 1. The zero-order valence-corrected chi connectivity index (χ0v) is 12.5. The van der Waals surface area contributed by atoms with Crippen molar-refractivity contribution in [2.24, 2.45) is 0 Å². The highest BCUT2D eigenvalue weighted by Crippen LogP contribution is 2.26. The van der Waals surface area contributed by atoms with Crippen LogP contribution in [0.3, 0.4) is 0 Å². The first-order chi connectivity index (χ1) is 10.4. The minimum atomic E-state index is -1.02. The lowest BCUT2D eigenvalue weighted by Crippen LogP contribution is -2.40. The number of carbonyl (C=O) groups excluding carboxylic acids is 2. The molecule has 120 valence electrons. The fourth-order valence-electron chi connectivity index (χ4n) is 1.42. The Kier molecular flexibility index (Phi) is 6.70. The van der Waals surface area contributed by atoms with Gasteiger partial charge >= 0.3 is 11.8 Å². The average Bonchev–Trinajstić information content (AvgIpc) is 2.49. The van der Waals surface area contributed by atoms with Crippen molar-refractivity contribution in [2.75, 3.05) is 26.1 Å². The quantitative estimate of drug-likeness (QED) is 0.346. The number of carbonyl (C=O) groups is 2. The highest BCUT2D eigenvalue weighted by molar-refractivity contribution is 6.41. The van der Waals surface area contributed by atoms with E-state index in [2.05, 4.69) is 10.6 Å². The fourth-order valence-corrected chi connectivity index (χ4v) is 1.59. The molecule has 0 aromatic heterocycles. The van der Waals surface area contributed by atoms with Gasteiger partial charge in [0, 0.05) is 26.4 Å². The molecule has 2 amide bonds. The molecule has 0 fully saturated rings. The first-order valence-electron chi connectivity index (χ1n) is 5.97. The van der Waals surface area contributed by atoms with Crippen molar-refractivity contribution in [3.8, 4) is 0 Å². The maximum absolute atomic E-state index is 11.7. The average molecular weight is 332 g/mol. The number of benzene rings is 1. The van der Waals surface area contributed by atoms with Crippen LogP contribution in [-0.4, -0.2) is 43.8 Å². The monoisotopic (exact) mass is 331 g/mol. The number of hydrogen-bond acceptors (Lipinski definition) is 6. The molecule has 2 N–H and O–H groups in total. The Morgan fingerprint density at radius 1 is 1.32 bits per heavy atom. The molecule has 0 aliphatic carbocycles. The molecule has 0 aliphatic rings. The summed E-state index contributed by atoms with van der Waals surface area (Å²) in [6.45, 7) is -0.0398. The molecule has 10 heteroatoms. The number of rotatable bonds is 6. The van der Waals surface area contributed by atoms with E-state index in [0.717, 1.165) is 6.07 Å². The summed E-state index contributed by atoms with van der Waals surface area (Å²) in [6, 6.07) is 3.49. The largest absolute Gasteiger partial charge is 0.354 e. The van der Waals surface area contributed by atoms with Crippen LogP contribution in [-0.2, 0) is 19.1 Å². The second kappa shape index (κ2) is 8.27. The summed E-state index contributed by atoms with van der Waals surface area (Å²) in [5, 5.41) is 15.2. The number of hydrogen-bond donors (Lipinski definition) is 2. The number of non-ortho nitro benzene ring substituents is 1. The fraction of sp³-hybridized carbons (Fsp3) is 0.333. The van der Waals surface area contributed by atoms with Gasteiger partial charge in [0.15, 0.2) is 6.29 Å². The van der Waals surface area contributed by atoms with Gasteiger partial charge in [0.25, 0.3) is 5.69 Å². The summed E-state index contributed by atoms with van der Waals surface area (Å²) in [5.41, 5.74) is -0.301. The van der Waals surface area contributed by atoms with E-state index in [4.69, 9.17) is 21.1 Å². The van der Waals surface area contributed by atoms with Crippen molar-refractivity contribution in [3.05, 3.63) is 33.3 Å². The van der Waals surface area contributed by atoms with E-state index in [1.807, 2.05) is 0 Å². The van der Waals surface area contributed by atoms with Crippen LogP contribution in [0, 0.1) is 10.1 Å². The van der Waals surface area contributed by atoms with Crippen LogP contribution in [0.4, 0.5) is 11.4 Å². The second-order valence-corrected chi connectivity index (χ2v) is 4.39. The molecule has 0 bridgehead atoms. The van der Waals surface area contributed by atoms with Gasteiger partial charge in [-0.1, -0.05) is 11.6 Å². The minimum Gasteiger partial charge on any atom is -0.354 e. The number of anilines is 1. The Morgan fingerprint density at radius 3 is 2.50 bits per heavy atom. The van der Waals surface area contributed by atoms with E-state index in [1.54, 1.807) is 0 Å². The molecular formula is C12H14ClN3O6. The number of nitrogens with one attached hydrogen (secondary N) is 2. The summed E-state index contributed by atoms with van der Waals surface area (Å²) >= 11 is 5.81. The number of halogens is 1. The molecule has 1 aromatic carbocycles. The van der Waals surface area contributed by atoms with Crippen LogP contribution >= 0.6 is 11.6 Å². The van der Waals surface area contributed by atoms with Gasteiger partial charge in [-0.05, 0) is 6.07 Å². The molecule has 0 heterocycles. The van der Waals surface area contributed by atoms with Gasteiger partial charge < -0.3 is 20.1 Å². The molecule has 0 saturated carbocycles. The topological polar surface area (TPSA) is 120 Å². The van der Waals surface area contributed by atoms with Crippen LogP contribution in [0.15, 0.2) is 18.2 Å². The first-order valence-corrected chi connectivity index (χ1v) is 6.35. The Balaban J connectivity index is 2.70. The second-order valence-electron chi connectivity index (χ2n) is 3.99. The number of amides is 2. The Hall–Kier alpha value is -2.23. The van der Waals surface area contributed by atoms with E-state index in [1.165, 1.54) is 26.4 Å². The molecule has 0 atom stereocenters. The van der Waals surface area contributed by atoms with Crippen LogP contribution in [0.1, 0.15) is 0 Å². The Bertz CT molecular complexity index is 576. The van der Waals surface area contributed by atoms with Gasteiger partial charge in [-0.3, -0.25) is 19.7 Å². The van der Waals surface area contributed by atoms with E-state index < -0.39 is 23.0 Å². The molecular weight excluding hydrogens is 318 g/mol. The normalized spacial score (nSPS) is 10.4. The van der Waals surface area contributed by atoms with Crippen LogP contribution in [0.25, 0.3) is 0 Å². The van der Waals surface area contributed by atoms with Crippen molar-refractivity contribution < 1.29 is 24.0 Å². The van der Waals surface area contributed by atoms with Gasteiger partial charge in [-0.25, -0.2) is 0 Å². The molecule has 0 unspecified atom stereocenters. The molecule has 0 radical (unpaired) electrons. The summed E-state index contributed by atoms with van der Waals surface area (Å²) in [6.07, 6.45) is -0.696. The molecule has 0 aliphatic heterocycles. The standard InChI is InChI=1S/C12H14ClN3O6/c1-21-10(22-2)6-14-11(17)12(18)15-9-5-7(16(19)20)3-4-8(9)13/h3-5,10H,6H2,1-2H3,(H,14,17)(H,15,18). The number of ether oxygens (including phenoxy) is 2. The first kappa shape index (κ1) is 17.8. The molecule has 1 rings (SSSR count). The lowest BCUT2D eigenvalue weighted by Gasteiger charge is -2.14. The third-order valence-corrected chi connectivity index (χ3v) is 2.90. The maximum Gasteiger partial charge on any atom is 0.313 e. The van der Waals surface area contributed by atoms with E-state index in [0.29, 0.717) is 0 Å². The van der Waals surface area contributed by atoms with Crippen LogP contribution < -0.4 is 10.6 Å². The number of nitrogens with zero attached hydrogens (tertiary/aromatic N) is 1. The molecule has 0 spiro atoms.